The molecule has 2 N–H and O–H groups in total. The summed E-state index contributed by atoms with van der Waals surface area (Å²) in [5, 5.41) is 0. The monoisotopic (exact) mass is 244 g/mol. The number of ether oxygens (including phenoxy) is 1. The van der Waals surface area contributed by atoms with E-state index in [2.05, 4.69) is 0 Å². The first-order valence-corrected chi connectivity index (χ1v) is 5.86. The second-order valence-corrected chi connectivity index (χ2v) is 3.93. The predicted molar refractivity (Wildman–Crippen MR) is 70.5 cm³/mol. The summed E-state index contributed by atoms with van der Waals surface area (Å²) in [6, 6.07) is 10.8. The normalized spacial score (nSPS) is 10.3. The fraction of sp³-hybridized carbons (Fsp3) is 0.214. The molecule has 4 nitrogen and oxygen atoms in total. The van der Waals surface area contributed by atoms with E-state index >= 15 is 0 Å². The van der Waals surface area contributed by atoms with Crippen LogP contribution in [0.3, 0.4) is 0 Å². The molecule has 0 saturated carbocycles. The third-order valence-electron chi connectivity index (χ3n) is 2.66. The summed E-state index contributed by atoms with van der Waals surface area (Å²) in [5.74, 6) is 0.820. The molecule has 0 aliphatic heterocycles. The van der Waals surface area contributed by atoms with Gasteiger partial charge in [-0.2, -0.15) is 0 Å². The Morgan fingerprint density at radius 2 is 1.83 bits per heavy atom. The standard InChI is InChI=1S/C14H16N2O2/c15-11-12-3-1-2-4-14(12)18-10-9-16-7-5-13(17)6-8-16/h1-8H,9-11,15H2. The molecule has 1 aromatic carbocycles. The van der Waals surface area contributed by atoms with Gasteiger partial charge in [0.25, 0.3) is 0 Å². The van der Waals surface area contributed by atoms with Crippen molar-refractivity contribution >= 4 is 0 Å². The minimum Gasteiger partial charge on any atom is -0.491 e. The van der Waals surface area contributed by atoms with E-state index in [0.29, 0.717) is 19.7 Å². The van der Waals surface area contributed by atoms with E-state index < -0.39 is 0 Å². The molecule has 1 heterocycles. The van der Waals surface area contributed by atoms with Crippen molar-refractivity contribution in [3.8, 4) is 5.75 Å². The number of hydrogen-bond donors (Lipinski definition) is 1. The first-order chi connectivity index (χ1) is 8.79. The minimum absolute atomic E-state index is 0.0145. The van der Waals surface area contributed by atoms with Crippen molar-refractivity contribution in [3.63, 3.8) is 0 Å². The number of pyridine rings is 1. The van der Waals surface area contributed by atoms with E-state index in [1.807, 2.05) is 28.8 Å². The molecule has 2 aromatic rings. The van der Waals surface area contributed by atoms with Crippen LogP contribution in [0, 0.1) is 0 Å². The van der Waals surface area contributed by atoms with Crippen molar-refractivity contribution in [1.82, 2.24) is 4.57 Å². The maximum Gasteiger partial charge on any atom is 0.181 e. The molecule has 0 fully saturated rings. The molecule has 4 heteroatoms. The number of para-hydroxylation sites is 1. The van der Waals surface area contributed by atoms with Crippen LogP contribution in [0.25, 0.3) is 0 Å². The van der Waals surface area contributed by atoms with Crippen LogP contribution in [-0.4, -0.2) is 11.2 Å². The third-order valence-corrected chi connectivity index (χ3v) is 2.66. The lowest BCUT2D eigenvalue weighted by atomic mass is 10.2. The van der Waals surface area contributed by atoms with E-state index in [0.717, 1.165) is 11.3 Å². The summed E-state index contributed by atoms with van der Waals surface area (Å²) in [6.07, 6.45) is 3.50. The fourth-order valence-corrected chi connectivity index (χ4v) is 1.67. The highest BCUT2D eigenvalue weighted by Crippen LogP contribution is 2.16. The van der Waals surface area contributed by atoms with E-state index in [4.69, 9.17) is 10.5 Å². The molecular weight excluding hydrogens is 228 g/mol. The predicted octanol–water partition coefficient (Wildman–Crippen LogP) is 1.39. The Balaban J connectivity index is 1.92. The molecule has 0 bridgehead atoms. The van der Waals surface area contributed by atoms with Gasteiger partial charge in [0.05, 0.1) is 6.54 Å². The average molecular weight is 244 g/mol. The molecule has 0 radical (unpaired) electrons. The van der Waals surface area contributed by atoms with Gasteiger partial charge in [-0.3, -0.25) is 4.79 Å². The summed E-state index contributed by atoms with van der Waals surface area (Å²) in [4.78, 5) is 10.9. The van der Waals surface area contributed by atoms with E-state index in [1.54, 1.807) is 12.4 Å². The lowest BCUT2D eigenvalue weighted by Crippen LogP contribution is -2.11. The van der Waals surface area contributed by atoms with Crippen molar-refractivity contribution in [2.45, 2.75) is 13.1 Å². The van der Waals surface area contributed by atoms with Crippen LogP contribution in [0.4, 0.5) is 0 Å². The molecule has 0 spiro atoms. The van der Waals surface area contributed by atoms with E-state index in [-0.39, 0.29) is 5.43 Å². The first-order valence-electron chi connectivity index (χ1n) is 5.86. The van der Waals surface area contributed by atoms with Gasteiger partial charge in [0.15, 0.2) is 5.43 Å². The van der Waals surface area contributed by atoms with Crippen molar-refractivity contribution in [2.75, 3.05) is 6.61 Å². The average Bonchev–Trinajstić information content (AvgIpc) is 2.41. The first kappa shape index (κ1) is 12.4. The smallest absolute Gasteiger partial charge is 0.181 e. The lowest BCUT2D eigenvalue weighted by molar-refractivity contribution is 0.295. The summed E-state index contributed by atoms with van der Waals surface area (Å²) in [6.45, 7) is 1.70. The van der Waals surface area contributed by atoms with Gasteiger partial charge in [-0.15, -0.1) is 0 Å². The highest BCUT2D eigenvalue weighted by molar-refractivity contribution is 5.32. The Kier molecular flexibility index (Phi) is 4.15. The molecule has 0 aliphatic rings. The number of aromatic nitrogens is 1. The zero-order valence-corrected chi connectivity index (χ0v) is 10.1. The van der Waals surface area contributed by atoms with Gasteiger partial charge >= 0.3 is 0 Å². The molecule has 0 aliphatic carbocycles. The third kappa shape index (κ3) is 3.21. The van der Waals surface area contributed by atoms with Crippen LogP contribution >= 0.6 is 0 Å². The Hall–Kier alpha value is -2.07. The van der Waals surface area contributed by atoms with E-state index in [9.17, 15) is 4.79 Å². The largest absolute Gasteiger partial charge is 0.491 e. The van der Waals surface area contributed by atoms with Gasteiger partial charge < -0.3 is 15.0 Å². The Morgan fingerprint density at radius 3 is 2.56 bits per heavy atom. The van der Waals surface area contributed by atoms with Crippen LogP contribution in [-0.2, 0) is 13.1 Å². The van der Waals surface area contributed by atoms with E-state index in [1.165, 1.54) is 12.1 Å². The van der Waals surface area contributed by atoms with Crippen LogP contribution < -0.4 is 15.9 Å². The topological polar surface area (TPSA) is 57.2 Å². The number of benzene rings is 1. The number of nitrogens with two attached hydrogens (primary N) is 1. The molecule has 94 valence electrons. The van der Waals surface area contributed by atoms with Crippen molar-refractivity contribution in [2.24, 2.45) is 5.73 Å². The molecule has 1 aromatic heterocycles. The summed E-state index contributed by atoms with van der Waals surface area (Å²) >= 11 is 0. The quantitative estimate of drug-likeness (QED) is 0.864. The van der Waals surface area contributed by atoms with Crippen molar-refractivity contribution in [1.29, 1.82) is 0 Å². The SMILES string of the molecule is NCc1ccccc1OCCn1ccc(=O)cc1. The maximum absolute atomic E-state index is 10.9. The van der Waals surface area contributed by atoms with Gasteiger partial charge in [-0.1, -0.05) is 18.2 Å². The van der Waals surface area contributed by atoms with Crippen LogP contribution in [0.15, 0.2) is 53.6 Å². The molecule has 2 rings (SSSR count). The molecule has 0 saturated heterocycles. The van der Waals surface area contributed by atoms with Crippen LogP contribution in [0.1, 0.15) is 5.56 Å². The Labute approximate surface area is 106 Å². The summed E-state index contributed by atoms with van der Waals surface area (Å²) in [7, 11) is 0. The van der Waals surface area contributed by atoms with Gasteiger partial charge in [0.2, 0.25) is 0 Å². The van der Waals surface area contributed by atoms with Crippen molar-refractivity contribution in [3.05, 3.63) is 64.6 Å². The number of hydrogen-bond acceptors (Lipinski definition) is 3. The zero-order chi connectivity index (χ0) is 12.8. The second-order valence-electron chi connectivity index (χ2n) is 3.93. The highest BCUT2D eigenvalue weighted by atomic mass is 16.5. The van der Waals surface area contributed by atoms with Crippen LogP contribution in [0.2, 0.25) is 0 Å². The van der Waals surface area contributed by atoms with Gasteiger partial charge in [-0.05, 0) is 6.07 Å². The highest BCUT2D eigenvalue weighted by Gasteiger charge is 2.00. The second kappa shape index (κ2) is 6.02. The van der Waals surface area contributed by atoms with Crippen LogP contribution in [0.5, 0.6) is 5.75 Å². The van der Waals surface area contributed by atoms with Gasteiger partial charge in [-0.25, -0.2) is 0 Å². The molecule has 0 unspecified atom stereocenters. The maximum atomic E-state index is 10.9. The molecule has 0 amide bonds. The fourth-order valence-electron chi connectivity index (χ4n) is 1.67. The Morgan fingerprint density at radius 1 is 1.11 bits per heavy atom. The lowest BCUT2D eigenvalue weighted by Gasteiger charge is -2.11. The van der Waals surface area contributed by atoms with Gasteiger partial charge in [0.1, 0.15) is 12.4 Å². The number of rotatable bonds is 5. The number of nitrogens with zero attached hydrogens (tertiary/aromatic N) is 1. The minimum atomic E-state index is 0.0145. The zero-order valence-electron chi connectivity index (χ0n) is 10.1. The van der Waals surface area contributed by atoms with Gasteiger partial charge in [0, 0.05) is 36.6 Å². The summed E-state index contributed by atoms with van der Waals surface area (Å²) < 4.78 is 7.59. The Bertz CT molecular complexity index is 543. The molecular formula is C14H16N2O2. The molecule has 18 heavy (non-hydrogen) atoms. The summed E-state index contributed by atoms with van der Waals surface area (Å²) in [5.41, 5.74) is 6.64. The molecule has 0 atom stereocenters. The van der Waals surface area contributed by atoms with Crippen molar-refractivity contribution < 1.29 is 4.74 Å².